The molecule has 1 N–H and O–H groups in total. The summed E-state index contributed by atoms with van der Waals surface area (Å²) >= 11 is 1.54. The molecule has 6 heteroatoms. The molecule has 2 amide bonds. The fourth-order valence-corrected chi connectivity index (χ4v) is 3.57. The molecule has 2 aromatic carbocycles. The van der Waals surface area contributed by atoms with Gasteiger partial charge in [0.1, 0.15) is 5.75 Å². The Labute approximate surface area is 154 Å². The number of thiophene rings is 1. The maximum Gasteiger partial charge on any atom is 0.261 e. The number of para-hydroxylation sites is 2. The van der Waals surface area contributed by atoms with Crippen LogP contribution in [0, 0.1) is 0 Å². The Hall–Kier alpha value is -3.12. The van der Waals surface area contributed by atoms with Crippen LogP contribution in [0.2, 0.25) is 0 Å². The average Bonchev–Trinajstić information content (AvgIpc) is 3.11. The second-order valence-corrected chi connectivity index (χ2v) is 6.98. The number of anilines is 2. The predicted octanol–water partition coefficient (Wildman–Crippen LogP) is 4.31. The number of fused-ring (bicyclic) bond motifs is 2. The van der Waals surface area contributed by atoms with E-state index in [1.165, 1.54) is 11.3 Å². The number of amides is 2. The van der Waals surface area contributed by atoms with Crippen molar-refractivity contribution in [2.24, 2.45) is 0 Å². The van der Waals surface area contributed by atoms with Crippen LogP contribution in [0.3, 0.4) is 0 Å². The molecule has 130 valence electrons. The van der Waals surface area contributed by atoms with Crippen molar-refractivity contribution in [3.8, 4) is 11.5 Å². The Morgan fingerprint density at radius 2 is 1.96 bits per heavy atom. The molecule has 1 aliphatic rings. The van der Waals surface area contributed by atoms with E-state index in [4.69, 9.17) is 4.74 Å². The van der Waals surface area contributed by atoms with Crippen molar-refractivity contribution < 1.29 is 14.3 Å². The zero-order valence-electron chi connectivity index (χ0n) is 14.1. The van der Waals surface area contributed by atoms with Gasteiger partial charge in [-0.05, 0) is 41.8 Å². The fourth-order valence-electron chi connectivity index (χ4n) is 2.87. The second-order valence-electron chi connectivity index (χ2n) is 5.95. The van der Waals surface area contributed by atoms with Gasteiger partial charge in [0.25, 0.3) is 5.91 Å². The third kappa shape index (κ3) is 3.07. The molecule has 0 fully saturated rings. The summed E-state index contributed by atoms with van der Waals surface area (Å²) in [6.45, 7) is 0. The number of nitrogens with one attached hydrogen (secondary N) is 1. The van der Waals surface area contributed by atoms with Crippen molar-refractivity contribution in [2.45, 2.75) is 6.42 Å². The predicted molar refractivity (Wildman–Crippen MR) is 102 cm³/mol. The first-order chi connectivity index (χ1) is 12.6. The average molecular weight is 364 g/mol. The number of rotatable bonds is 3. The first-order valence-electron chi connectivity index (χ1n) is 8.13. The molecular formula is C20H16N2O3S. The molecule has 0 spiro atoms. The molecule has 0 bridgehead atoms. The zero-order chi connectivity index (χ0) is 18.1. The van der Waals surface area contributed by atoms with Gasteiger partial charge in [0.2, 0.25) is 5.91 Å². The molecule has 0 unspecified atom stereocenters. The van der Waals surface area contributed by atoms with E-state index in [0.717, 1.165) is 4.88 Å². The van der Waals surface area contributed by atoms with Crippen LogP contribution >= 0.6 is 11.3 Å². The first kappa shape index (κ1) is 16.4. The number of nitrogens with zero attached hydrogens (tertiary/aromatic N) is 1. The van der Waals surface area contributed by atoms with Gasteiger partial charge in [0.05, 0.1) is 17.7 Å². The van der Waals surface area contributed by atoms with E-state index in [0.29, 0.717) is 34.9 Å². The summed E-state index contributed by atoms with van der Waals surface area (Å²) in [6.07, 6.45) is 0.310. The van der Waals surface area contributed by atoms with Gasteiger partial charge >= 0.3 is 0 Å². The van der Waals surface area contributed by atoms with Gasteiger partial charge in [-0.2, -0.15) is 0 Å². The summed E-state index contributed by atoms with van der Waals surface area (Å²) in [7, 11) is 1.71. The number of hydrogen-bond acceptors (Lipinski definition) is 4. The normalized spacial score (nSPS) is 12.7. The SMILES string of the molecule is CN1C(=O)c2cc(NC(=O)Cc3cccs3)ccc2Oc2ccccc21. The Balaban J connectivity index is 1.61. The van der Waals surface area contributed by atoms with E-state index < -0.39 is 0 Å². The number of hydrogen-bond donors (Lipinski definition) is 1. The number of carbonyl (C=O) groups excluding carboxylic acids is 2. The molecule has 1 aliphatic heterocycles. The van der Waals surface area contributed by atoms with Crippen molar-refractivity contribution in [2.75, 3.05) is 17.3 Å². The van der Waals surface area contributed by atoms with Gasteiger partial charge in [0.15, 0.2) is 5.75 Å². The maximum absolute atomic E-state index is 12.8. The third-order valence-corrected chi connectivity index (χ3v) is 5.04. The lowest BCUT2D eigenvalue weighted by Gasteiger charge is -2.16. The maximum atomic E-state index is 12.8. The topological polar surface area (TPSA) is 58.6 Å². The van der Waals surface area contributed by atoms with Gasteiger partial charge in [-0.15, -0.1) is 11.3 Å². The van der Waals surface area contributed by atoms with Crippen LogP contribution in [-0.4, -0.2) is 18.9 Å². The van der Waals surface area contributed by atoms with E-state index >= 15 is 0 Å². The lowest BCUT2D eigenvalue weighted by molar-refractivity contribution is -0.115. The Bertz CT molecular complexity index is 982. The largest absolute Gasteiger partial charge is 0.454 e. The molecule has 0 atom stereocenters. The Morgan fingerprint density at radius 3 is 2.77 bits per heavy atom. The minimum absolute atomic E-state index is 0.119. The van der Waals surface area contributed by atoms with Crippen molar-refractivity contribution >= 4 is 34.5 Å². The summed E-state index contributed by atoms with van der Waals surface area (Å²) in [5.74, 6) is 0.796. The monoisotopic (exact) mass is 364 g/mol. The molecule has 0 saturated carbocycles. The molecule has 0 radical (unpaired) electrons. The molecule has 3 aromatic rings. The highest BCUT2D eigenvalue weighted by Crippen LogP contribution is 2.38. The minimum Gasteiger partial charge on any atom is -0.454 e. The number of benzene rings is 2. The molecular weight excluding hydrogens is 348 g/mol. The summed E-state index contributed by atoms with van der Waals surface area (Å²) in [4.78, 5) is 27.6. The fraction of sp³-hybridized carbons (Fsp3) is 0.100. The highest BCUT2D eigenvalue weighted by atomic mass is 32.1. The standard InChI is InChI=1S/C20H16N2O3S/c1-22-16-6-2-3-7-18(16)25-17-9-8-13(11-15(17)20(22)24)21-19(23)12-14-5-4-10-26-14/h2-11H,12H2,1H3,(H,21,23). The summed E-state index contributed by atoms with van der Waals surface area (Å²) < 4.78 is 5.91. The molecule has 4 rings (SSSR count). The van der Waals surface area contributed by atoms with Crippen LogP contribution in [0.25, 0.3) is 0 Å². The van der Waals surface area contributed by atoms with Gasteiger partial charge < -0.3 is 15.0 Å². The van der Waals surface area contributed by atoms with Crippen molar-refractivity contribution in [3.05, 3.63) is 70.4 Å². The van der Waals surface area contributed by atoms with Gasteiger partial charge in [0, 0.05) is 17.6 Å². The van der Waals surface area contributed by atoms with Crippen LogP contribution < -0.4 is 15.0 Å². The van der Waals surface area contributed by atoms with Gasteiger partial charge in [-0.25, -0.2) is 0 Å². The van der Waals surface area contributed by atoms with E-state index in [9.17, 15) is 9.59 Å². The van der Waals surface area contributed by atoms with E-state index in [-0.39, 0.29) is 11.8 Å². The molecule has 5 nitrogen and oxygen atoms in total. The molecule has 1 aromatic heterocycles. The number of ether oxygens (including phenoxy) is 1. The van der Waals surface area contributed by atoms with Crippen LogP contribution in [0.15, 0.2) is 60.0 Å². The smallest absolute Gasteiger partial charge is 0.261 e. The molecule has 0 saturated heterocycles. The Morgan fingerprint density at radius 1 is 1.12 bits per heavy atom. The van der Waals surface area contributed by atoms with Crippen molar-refractivity contribution in [1.82, 2.24) is 0 Å². The lowest BCUT2D eigenvalue weighted by Crippen LogP contribution is -2.25. The zero-order valence-corrected chi connectivity index (χ0v) is 14.9. The summed E-state index contributed by atoms with van der Waals surface area (Å²) in [6, 6.07) is 16.3. The molecule has 0 aliphatic carbocycles. The lowest BCUT2D eigenvalue weighted by atomic mass is 10.1. The minimum atomic E-state index is -0.181. The highest BCUT2D eigenvalue weighted by molar-refractivity contribution is 7.10. The summed E-state index contributed by atoms with van der Waals surface area (Å²) in [5.41, 5.74) is 1.69. The number of carbonyl (C=O) groups is 2. The Kier molecular flexibility index (Phi) is 4.18. The van der Waals surface area contributed by atoms with Gasteiger partial charge in [-0.1, -0.05) is 18.2 Å². The van der Waals surface area contributed by atoms with Crippen molar-refractivity contribution in [3.63, 3.8) is 0 Å². The highest BCUT2D eigenvalue weighted by Gasteiger charge is 2.25. The quantitative estimate of drug-likeness (QED) is 0.753. The van der Waals surface area contributed by atoms with Crippen LogP contribution in [0.5, 0.6) is 11.5 Å². The third-order valence-electron chi connectivity index (χ3n) is 4.16. The molecule has 2 heterocycles. The van der Waals surface area contributed by atoms with Crippen LogP contribution in [0.4, 0.5) is 11.4 Å². The summed E-state index contributed by atoms with van der Waals surface area (Å²) in [5, 5.41) is 4.79. The van der Waals surface area contributed by atoms with E-state index in [1.807, 2.05) is 41.8 Å². The first-order valence-corrected chi connectivity index (χ1v) is 9.01. The van der Waals surface area contributed by atoms with Crippen LogP contribution in [-0.2, 0) is 11.2 Å². The van der Waals surface area contributed by atoms with E-state index in [2.05, 4.69) is 5.32 Å². The second kappa shape index (κ2) is 6.65. The van der Waals surface area contributed by atoms with Crippen molar-refractivity contribution in [1.29, 1.82) is 0 Å². The van der Waals surface area contributed by atoms with Gasteiger partial charge in [-0.3, -0.25) is 9.59 Å². The van der Waals surface area contributed by atoms with E-state index in [1.54, 1.807) is 30.1 Å². The van der Waals surface area contributed by atoms with Crippen LogP contribution in [0.1, 0.15) is 15.2 Å². The molecule has 26 heavy (non-hydrogen) atoms.